The van der Waals surface area contributed by atoms with E-state index in [9.17, 15) is 4.79 Å². The maximum Gasteiger partial charge on any atom is 0.249 e. The van der Waals surface area contributed by atoms with Crippen molar-refractivity contribution in [3.63, 3.8) is 0 Å². The molecule has 0 saturated heterocycles. The first kappa shape index (κ1) is 14.2. The van der Waals surface area contributed by atoms with Crippen LogP contribution in [0.5, 0.6) is 0 Å². The lowest BCUT2D eigenvalue weighted by atomic mass is 10.2. The van der Waals surface area contributed by atoms with Gasteiger partial charge in [-0.05, 0) is 41.5 Å². The van der Waals surface area contributed by atoms with Gasteiger partial charge in [-0.1, -0.05) is 23.7 Å². The van der Waals surface area contributed by atoms with Crippen molar-refractivity contribution in [2.75, 3.05) is 5.32 Å². The molecule has 4 nitrogen and oxygen atoms in total. The Bertz CT molecular complexity index is 623. The summed E-state index contributed by atoms with van der Waals surface area (Å²) in [7, 11) is 0. The molecule has 1 amide bonds. The van der Waals surface area contributed by atoms with Crippen molar-refractivity contribution >= 4 is 29.4 Å². The molecule has 0 unspecified atom stereocenters. The summed E-state index contributed by atoms with van der Waals surface area (Å²) in [6.07, 6.45) is 4.76. The molecule has 0 fully saturated rings. The molecular weight excluding hydrogens is 274 g/mol. The van der Waals surface area contributed by atoms with E-state index in [-0.39, 0.29) is 5.91 Å². The minimum atomic E-state index is -0.248. The van der Waals surface area contributed by atoms with Gasteiger partial charge in [-0.15, -0.1) is 0 Å². The molecule has 2 aromatic rings. The first-order valence-electron chi connectivity index (χ1n) is 6.07. The molecule has 0 spiro atoms. The Morgan fingerprint density at radius 1 is 1.30 bits per heavy atom. The fourth-order valence-electron chi connectivity index (χ4n) is 1.58. The second-order valence-corrected chi connectivity index (χ2v) is 4.56. The number of hydrogen-bond donors (Lipinski definition) is 2. The lowest BCUT2D eigenvalue weighted by molar-refractivity contribution is -0.111. The van der Waals surface area contributed by atoms with Crippen molar-refractivity contribution in [3.05, 3.63) is 64.8 Å². The summed E-state index contributed by atoms with van der Waals surface area (Å²) in [5, 5.41) is 3.34. The van der Waals surface area contributed by atoms with Gasteiger partial charge in [0.2, 0.25) is 5.91 Å². The largest absolute Gasteiger partial charge is 0.326 e. The van der Waals surface area contributed by atoms with E-state index in [2.05, 4.69) is 10.3 Å². The molecule has 1 aromatic heterocycles. The third-order valence-corrected chi connectivity index (χ3v) is 2.86. The summed E-state index contributed by atoms with van der Waals surface area (Å²) in [6, 6.07) is 10.8. The number of anilines is 1. The zero-order chi connectivity index (χ0) is 14.4. The Morgan fingerprint density at radius 3 is 2.75 bits per heavy atom. The topological polar surface area (TPSA) is 68.0 Å². The number of nitrogens with two attached hydrogens (primary N) is 1. The second kappa shape index (κ2) is 6.84. The van der Waals surface area contributed by atoms with Gasteiger partial charge < -0.3 is 11.1 Å². The highest BCUT2D eigenvalue weighted by Gasteiger charge is 2.00. The number of pyridine rings is 1. The Hall–Kier alpha value is -2.17. The van der Waals surface area contributed by atoms with E-state index in [1.165, 1.54) is 6.08 Å². The number of benzene rings is 1. The maximum atomic E-state index is 11.8. The molecule has 3 N–H and O–H groups in total. The standard InChI is InChI=1S/C15H14ClN3O/c16-13-4-1-11(2-5-13)3-6-15(20)19-14-9-12(10-17)7-8-18-14/h1-9H,10,17H2,(H,18,19,20)/b6-3+. The Balaban J connectivity index is 1.99. The van der Waals surface area contributed by atoms with Crippen LogP contribution in [0.3, 0.4) is 0 Å². The molecule has 0 aliphatic heterocycles. The van der Waals surface area contributed by atoms with E-state index >= 15 is 0 Å². The lowest BCUT2D eigenvalue weighted by Crippen LogP contribution is -2.09. The fourth-order valence-corrected chi connectivity index (χ4v) is 1.71. The van der Waals surface area contributed by atoms with Crippen LogP contribution in [0.4, 0.5) is 5.82 Å². The van der Waals surface area contributed by atoms with E-state index in [0.717, 1.165) is 11.1 Å². The molecular formula is C15H14ClN3O. The number of amides is 1. The predicted molar refractivity (Wildman–Crippen MR) is 81.2 cm³/mol. The van der Waals surface area contributed by atoms with Crippen LogP contribution < -0.4 is 11.1 Å². The number of carbonyl (C=O) groups excluding carboxylic acids is 1. The SMILES string of the molecule is NCc1ccnc(NC(=O)/C=C/c2ccc(Cl)cc2)c1. The molecule has 102 valence electrons. The average Bonchev–Trinajstić information content (AvgIpc) is 2.47. The number of hydrogen-bond acceptors (Lipinski definition) is 3. The van der Waals surface area contributed by atoms with Gasteiger partial charge in [-0.25, -0.2) is 4.98 Å². The van der Waals surface area contributed by atoms with Crippen molar-refractivity contribution in [3.8, 4) is 0 Å². The van der Waals surface area contributed by atoms with E-state index in [1.807, 2.05) is 12.1 Å². The average molecular weight is 288 g/mol. The molecule has 1 aromatic carbocycles. The molecule has 0 radical (unpaired) electrons. The van der Waals surface area contributed by atoms with E-state index in [4.69, 9.17) is 17.3 Å². The van der Waals surface area contributed by atoms with Crippen LogP contribution in [0.15, 0.2) is 48.7 Å². The van der Waals surface area contributed by atoms with Crippen molar-refractivity contribution in [1.82, 2.24) is 4.98 Å². The van der Waals surface area contributed by atoms with Crippen LogP contribution in [0, 0.1) is 0 Å². The first-order valence-corrected chi connectivity index (χ1v) is 6.45. The minimum Gasteiger partial charge on any atom is -0.326 e. The summed E-state index contributed by atoms with van der Waals surface area (Å²) < 4.78 is 0. The van der Waals surface area contributed by atoms with Gasteiger partial charge >= 0.3 is 0 Å². The number of rotatable bonds is 4. The molecule has 1 heterocycles. The number of halogens is 1. The van der Waals surface area contributed by atoms with Crippen LogP contribution in [-0.4, -0.2) is 10.9 Å². The van der Waals surface area contributed by atoms with E-state index in [0.29, 0.717) is 17.4 Å². The highest BCUT2D eigenvalue weighted by atomic mass is 35.5. The van der Waals surface area contributed by atoms with Crippen molar-refractivity contribution < 1.29 is 4.79 Å². The third-order valence-electron chi connectivity index (χ3n) is 2.61. The smallest absolute Gasteiger partial charge is 0.249 e. The zero-order valence-corrected chi connectivity index (χ0v) is 11.5. The molecule has 0 aliphatic rings. The number of aromatic nitrogens is 1. The summed E-state index contributed by atoms with van der Waals surface area (Å²) in [5.74, 6) is 0.236. The van der Waals surface area contributed by atoms with Gasteiger partial charge in [0.25, 0.3) is 0 Å². The van der Waals surface area contributed by atoms with E-state index in [1.54, 1.807) is 36.5 Å². The molecule has 0 atom stereocenters. The molecule has 0 bridgehead atoms. The predicted octanol–water partition coefficient (Wildman–Crippen LogP) is 2.85. The summed E-state index contributed by atoms with van der Waals surface area (Å²) in [4.78, 5) is 15.8. The number of carbonyl (C=O) groups is 1. The van der Waals surface area contributed by atoms with Crippen LogP contribution in [0.25, 0.3) is 6.08 Å². The van der Waals surface area contributed by atoms with Crippen LogP contribution in [-0.2, 0) is 11.3 Å². The second-order valence-electron chi connectivity index (χ2n) is 4.13. The normalized spacial score (nSPS) is 10.7. The molecule has 0 aliphatic carbocycles. The molecule has 2 rings (SSSR count). The van der Waals surface area contributed by atoms with Crippen LogP contribution >= 0.6 is 11.6 Å². The minimum absolute atomic E-state index is 0.248. The summed E-state index contributed by atoms with van der Waals surface area (Å²) in [6.45, 7) is 0.409. The monoisotopic (exact) mass is 287 g/mol. The van der Waals surface area contributed by atoms with Gasteiger partial charge in [0.15, 0.2) is 0 Å². The number of nitrogens with one attached hydrogen (secondary N) is 1. The Morgan fingerprint density at radius 2 is 2.05 bits per heavy atom. The molecule has 5 heteroatoms. The van der Waals surface area contributed by atoms with Crippen molar-refractivity contribution in [2.45, 2.75) is 6.54 Å². The van der Waals surface area contributed by atoms with Gasteiger partial charge in [0, 0.05) is 23.8 Å². The third kappa shape index (κ3) is 4.19. The van der Waals surface area contributed by atoms with Gasteiger partial charge in [0.05, 0.1) is 0 Å². The van der Waals surface area contributed by atoms with Crippen molar-refractivity contribution in [1.29, 1.82) is 0 Å². The fraction of sp³-hybridized carbons (Fsp3) is 0.0667. The zero-order valence-electron chi connectivity index (χ0n) is 10.7. The quantitative estimate of drug-likeness (QED) is 0.850. The van der Waals surface area contributed by atoms with Crippen molar-refractivity contribution in [2.24, 2.45) is 5.73 Å². The summed E-state index contributed by atoms with van der Waals surface area (Å²) >= 11 is 5.79. The van der Waals surface area contributed by atoms with Gasteiger partial charge in [-0.3, -0.25) is 4.79 Å². The highest BCUT2D eigenvalue weighted by Crippen LogP contribution is 2.11. The number of nitrogens with zero attached hydrogens (tertiary/aromatic N) is 1. The first-order chi connectivity index (χ1) is 9.67. The molecule has 20 heavy (non-hydrogen) atoms. The van der Waals surface area contributed by atoms with E-state index < -0.39 is 0 Å². The van der Waals surface area contributed by atoms with Gasteiger partial charge in [-0.2, -0.15) is 0 Å². The lowest BCUT2D eigenvalue weighted by Gasteiger charge is -2.02. The molecule has 0 saturated carbocycles. The van der Waals surface area contributed by atoms with Gasteiger partial charge in [0.1, 0.15) is 5.82 Å². The highest BCUT2D eigenvalue weighted by molar-refractivity contribution is 6.30. The van der Waals surface area contributed by atoms with Crippen LogP contribution in [0.1, 0.15) is 11.1 Å². The maximum absolute atomic E-state index is 11.8. The van der Waals surface area contributed by atoms with Crippen LogP contribution in [0.2, 0.25) is 5.02 Å². The Labute approximate surface area is 122 Å². The summed E-state index contributed by atoms with van der Waals surface area (Å²) in [5.41, 5.74) is 7.34. The Kier molecular flexibility index (Phi) is 4.87.